The van der Waals surface area contributed by atoms with E-state index >= 15 is 0 Å². The second-order valence-electron chi connectivity index (χ2n) is 6.81. The topological polar surface area (TPSA) is 73.6 Å². The SMILES string of the molecule is CC(C)(C)OC(=O)Nc1cc(OCC2CC2)c(C(F)(F)F)cc1N. The maximum absolute atomic E-state index is 13.1. The largest absolute Gasteiger partial charge is 0.493 e. The number of nitrogens with one attached hydrogen (secondary N) is 1. The molecule has 1 aliphatic rings. The lowest BCUT2D eigenvalue weighted by atomic mass is 10.1. The predicted octanol–water partition coefficient (Wildman–Crippen LogP) is 4.42. The lowest BCUT2D eigenvalue weighted by Gasteiger charge is -2.21. The molecule has 5 nitrogen and oxygen atoms in total. The third-order valence-electron chi connectivity index (χ3n) is 3.26. The number of amides is 1. The summed E-state index contributed by atoms with van der Waals surface area (Å²) in [5.74, 6) is -0.0689. The highest BCUT2D eigenvalue weighted by molar-refractivity contribution is 5.90. The minimum Gasteiger partial charge on any atom is -0.493 e. The molecule has 0 atom stereocenters. The van der Waals surface area contributed by atoms with Crippen LogP contribution in [-0.2, 0) is 10.9 Å². The summed E-state index contributed by atoms with van der Waals surface area (Å²) in [6.07, 6.45) is -3.52. The van der Waals surface area contributed by atoms with E-state index in [9.17, 15) is 18.0 Å². The average Bonchev–Trinajstić information content (AvgIpc) is 3.19. The van der Waals surface area contributed by atoms with Gasteiger partial charge in [-0.25, -0.2) is 4.79 Å². The molecule has 0 aliphatic heterocycles. The molecule has 0 heterocycles. The first-order chi connectivity index (χ1) is 11.0. The molecule has 2 rings (SSSR count). The second-order valence-corrected chi connectivity index (χ2v) is 6.81. The Morgan fingerprint density at radius 2 is 1.92 bits per heavy atom. The molecule has 1 fully saturated rings. The molecule has 0 bridgehead atoms. The zero-order valence-electron chi connectivity index (χ0n) is 13.8. The maximum Gasteiger partial charge on any atom is 0.420 e. The van der Waals surface area contributed by atoms with Gasteiger partial charge in [-0.05, 0) is 45.6 Å². The van der Waals surface area contributed by atoms with Crippen LogP contribution in [0.15, 0.2) is 12.1 Å². The Balaban J connectivity index is 2.24. The first kappa shape index (κ1) is 18.2. The minimum atomic E-state index is -4.60. The van der Waals surface area contributed by atoms with E-state index in [4.69, 9.17) is 15.2 Å². The van der Waals surface area contributed by atoms with Crippen molar-refractivity contribution in [3.63, 3.8) is 0 Å². The summed E-state index contributed by atoms with van der Waals surface area (Å²) >= 11 is 0. The number of carbonyl (C=O) groups excluding carboxylic acids is 1. The Hall–Kier alpha value is -2.12. The molecule has 24 heavy (non-hydrogen) atoms. The van der Waals surface area contributed by atoms with Crippen molar-refractivity contribution in [3.8, 4) is 5.75 Å². The molecule has 0 radical (unpaired) electrons. The number of carbonyl (C=O) groups is 1. The zero-order chi connectivity index (χ0) is 18.1. The molecule has 1 aromatic rings. The lowest BCUT2D eigenvalue weighted by molar-refractivity contribution is -0.138. The zero-order valence-corrected chi connectivity index (χ0v) is 13.8. The van der Waals surface area contributed by atoms with Crippen LogP contribution in [0.5, 0.6) is 5.75 Å². The summed E-state index contributed by atoms with van der Waals surface area (Å²) in [7, 11) is 0. The Morgan fingerprint density at radius 1 is 1.29 bits per heavy atom. The number of rotatable bonds is 4. The standard InChI is InChI=1S/C16H21F3N2O3/c1-15(2,3)24-14(22)21-12-7-13(23-8-9-4-5-9)10(6-11(12)20)16(17,18)19/h6-7,9H,4-5,8,20H2,1-3H3,(H,21,22). The Morgan fingerprint density at radius 3 is 2.42 bits per heavy atom. The van der Waals surface area contributed by atoms with Crippen molar-refractivity contribution in [1.29, 1.82) is 0 Å². The van der Waals surface area contributed by atoms with Crippen LogP contribution in [-0.4, -0.2) is 18.3 Å². The van der Waals surface area contributed by atoms with Gasteiger partial charge < -0.3 is 15.2 Å². The first-order valence-electron chi connectivity index (χ1n) is 7.59. The van der Waals surface area contributed by atoms with Crippen molar-refractivity contribution in [1.82, 2.24) is 0 Å². The number of nitrogen functional groups attached to an aromatic ring is 1. The number of alkyl halides is 3. The Kier molecular flexibility index (Phi) is 4.87. The molecule has 1 amide bonds. The van der Waals surface area contributed by atoms with Gasteiger partial charge in [0.05, 0.1) is 23.5 Å². The van der Waals surface area contributed by atoms with Crippen molar-refractivity contribution < 1.29 is 27.4 Å². The molecule has 3 N–H and O–H groups in total. The van der Waals surface area contributed by atoms with Crippen molar-refractivity contribution >= 4 is 17.5 Å². The summed E-state index contributed by atoms with van der Waals surface area (Å²) in [5.41, 5.74) is 3.74. The van der Waals surface area contributed by atoms with Gasteiger partial charge in [-0.1, -0.05) is 0 Å². The minimum absolute atomic E-state index is 0.0167. The van der Waals surface area contributed by atoms with E-state index in [2.05, 4.69) is 5.32 Å². The van der Waals surface area contributed by atoms with Crippen LogP contribution >= 0.6 is 0 Å². The van der Waals surface area contributed by atoms with Crippen molar-refractivity contribution in [2.24, 2.45) is 5.92 Å². The lowest BCUT2D eigenvalue weighted by Crippen LogP contribution is -2.27. The van der Waals surface area contributed by atoms with E-state index in [0.717, 1.165) is 25.0 Å². The summed E-state index contributed by atoms with van der Waals surface area (Å²) in [5, 5.41) is 2.36. The number of halogens is 3. The van der Waals surface area contributed by atoms with E-state index < -0.39 is 23.4 Å². The van der Waals surface area contributed by atoms with E-state index in [1.165, 1.54) is 0 Å². The highest BCUT2D eigenvalue weighted by Crippen LogP contribution is 2.41. The average molecular weight is 346 g/mol. The van der Waals surface area contributed by atoms with Crippen molar-refractivity contribution in [2.45, 2.75) is 45.4 Å². The summed E-state index contributed by atoms with van der Waals surface area (Å²) in [6.45, 7) is 5.23. The van der Waals surface area contributed by atoms with Crippen LogP contribution in [0.25, 0.3) is 0 Å². The first-order valence-corrected chi connectivity index (χ1v) is 7.59. The third kappa shape index (κ3) is 5.21. The fraction of sp³-hybridized carbons (Fsp3) is 0.562. The van der Waals surface area contributed by atoms with E-state index in [-0.39, 0.29) is 29.6 Å². The van der Waals surface area contributed by atoms with Gasteiger partial charge in [-0.2, -0.15) is 13.2 Å². The number of benzene rings is 1. The molecule has 1 saturated carbocycles. The van der Waals surface area contributed by atoms with E-state index in [0.29, 0.717) is 0 Å². The van der Waals surface area contributed by atoms with E-state index in [1.807, 2.05) is 0 Å². The normalized spacial score (nSPS) is 15.1. The highest BCUT2D eigenvalue weighted by Gasteiger charge is 2.36. The summed E-state index contributed by atoms with van der Waals surface area (Å²) < 4.78 is 49.8. The molecule has 0 saturated heterocycles. The number of hydrogen-bond acceptors (Lipinski definition) is 4. The fourth-order valence-electron chi connectivity index (χ4n) is 1.95. The van der Waals surface area contributed by atoms with Gasteiger partial charge in [0.2, 0.25) is 0 Å². The van der Waals surface area contributed by atoms with Gasteiger partial charge in [0.25, 0.3) is 0 Å². The number of nitrogens with two attached hydrogens (primary N) is 1. The molecule has 0 unspecified atom stereocenters. The van der Waals surface area contributed by atoms with Crippen LogP contribution < -0.4 is 15.8 Å². The monoisotopic (exact) mass is 346 g/mol. The van der Waals surface area contributed by atoms with E-state index in [1.54, 1.807) is 20.8 Å². The Bertz CT molecular complexity index is 620. The fourth-order valence-corrected chi connectivity index (χ4v) is 1.95. The highest BCUT2D eigenvalue weighted by atomic mass is 19.4. The molecule has 1 aromatic carbocycles. The Labute approximate surface area is 138 Å². The van der Waals surface area contributed by atoms with Crippen LogP contribution in [0.4, 0.5) is 29.3 Å². The van der Waals surface area contributed by atoms with Gasteiger partial charge in [0.15, 0.2) is 0 Å². The quantitative estimate of drug-likeness (QED) is 0.791. The molecular weight excluding hydrogens is 325 g/mol. The third-order valence-corrected chi connectivity index (χ3v) is 3.26. The van der Waals surface area contributed by atoms with Crippen LogP contribution in [0.1, 0.15) is 39.2 Å². The van der Waals surface area contributed by atoms with Crippen LogP contribution in [0.2, 0.25) is 0 Å². The maximum atomic E-state index is 13.1. The smallest absolute Gasteiger partial charge is 0.420 e. The molecule has 8 heteroatoms. The summed E-state index contributed by atoms with van der Waals surface area (Å²) in [4.78, 5) is 11.8. The van der Waals surface area contributed by atoms with Gasteiger partial charge >= 0.3 is 12.3 Å². The van der Waals surface area contributed by atoms with Crippen LogP contribution in [0, 0.1) is 5.92 Å². The number of anilines is 2. The summed E-state index contributed by atoms with van der Waals surface area (Å²) in [6, 6.07) is 1.85. The molecule has 0 spiro atoms. The van der Waals surface area contributed by atoms with Crippen LogP contribution in [0.3, 0.4) is 0 Å². The van der Waals surface area contributed by atoms with Crippen molar-refractivity contribution in [2.75, 3.05) is 17.7 Å². The molecular formula is C16H21F3N2O3. The number of hydrogen-bond donors (Lipinski definition) is 2. The van der Waals surface area contributed by atoms with Crippen molar-refractivity contribution in [3.05, 3.63) is 17.7 Å². The van der Waals surface area contributed by atoms with Gasteiger partial charge in [0.1, 0.15) is 11.4 Å². The second kappa shape index (κ2) is 6.41. The van der Waals surface area contributed by atoms with Gasteiger partial charge in [-0.15, -0.1) is 0 Å². The van der Waals surface area contributed by atoms with Gasteiger partial charge in [-0.3, -0.25) is 5.32 Å². The molecule has 134 valence electrons. The number of ether oxygens (including phenoxy) is 2. The van der Waals surface area contributed by atoms with Gasteiger partial charge in [0, 0.05) is 6.07 Å². The molecule has 1 aliphatic carbocycles. The molecule has 0 aromatic heterocycles. The predicted molar refractivity (Wildman–Crippen MR) is 83.9 cm³/mol.